The number of ether oxygens (including phenoxy) is 1. The van der Waals surface area contributed by atoms with E-state index in [9.17, 15) is 31.5 Å². The molecule has 0 unspecified atom stereocenters. The van der Waals surface area contributed by atoms with Gasteiger partial charge in [0.1, 0.15) is 17.3 Å². The summed E-state index contributed by atoms with van der Waals surface area (Å²) >= 11 is 0. The van der Waals surface area contributed by atoms with Gasteiger partial charge in [0, 0.05) is 36.0 Å². The van der Waals surface area contributed by atoms with Crippen molar-refractivity contribution in [1.82, 2.24) is 9.55 Å². The van der Waals surface area contributed by atoms with E-state index in [1.165, 1.54) is 18.3 Å². The van der Waals surface area contributed by atoms with Crippen molar-refractivity contribution in [1.29, 1.82) is 0 Å². The zero-order valence-electron chi connectivity index (χ0n) is 19.9. The quantitative estimate of drug-likeness (QED) is 0.264. The van der Waals surface area contributed by atoms with Gasteiger partial charge in [-0.15, -0.1) is 0 Å². The van der Waals surface area contributed by atoms with Crippen molar-refractivity contribution in [2.75, 3.05) is 11.9 Å². The highest BCUT2D eigenvalue weighted by Crippen LogP contribution is 2.37. The number of hydrogen-bond acceptors (Lipinski definition) is 4. The molecule has 0 spiro atoms. The fourth-order valence-corrected chi connectivity index (χ4v) is 3.77. The van der Waals surface area contributed by atoms with Crippen LogP contribution in [0.4, 0.5) is 27.6 Å². The summed E-state index contributed by atoms with van der Waals surface area (Å²) in [4.78, 5) is 27.5. The number of halogens is 5. The van der Waals surface area contributed by atoms with Crippen LogP contribution < -0.4 is 10.1 Å². The lowest BCUT2D eigenvalue weighted by Crippen LogP contribution is -2.23. The van der Waals surface area contributed by atoms with Crippen LogP contribution in [0, 0.1) is 11.8 Å². The van der Waals surface area contributed by atoms with E-state index in [-0.39, 0.29) is 30.2 Å². The third-order valence-corrected chi connectivity index (χ3v) is 5.67. The molecule has 0 saturated heterocycles. The number of alkyl halides is 3. The number of hydrogen-bond donors (Lipinski definition) is 2. The van der Waals surface area contributed by atoms with Gasteiger partial charge in [0.05, 0.1) is 24.3 Å². The topological polar surface area (TPSA) is 93.5 Å². The summed E-state index contributed by atoms with van der Waals surface area (Å²) in [5, 5.41) is 11.1. The Labute approximate surface area is 208 Å². The molecule has 0 aliphatic carbocycles. The number of carboxylic acids is 1. The first-order chi connectivity index (χ1) is 17.4. The second kappa shape index (κ2) is 11.4. The Morgan fingerprint density at radius 3 is 2.51 bits per heavy atom. The van der Waals surface area contributed by atoms with Gasteiger partial charge in [-0.3, -0.25) is 9.59 Å². The van der Waals surface area contributed by atoms with Gasteiger partial charge in [0.2, 0.25) is 5.95 Å². The van der Waals surface area contributed by atoms with E-state index in [0.29, 0.717) is 24.6 Å². The highest BCUT2D eigenvalue weighted by Gasteiger charge is 2.35. The molecule has 0 fully saturated rings. The molecule has 2 aromatic heterocycles. The van der Waals surface area contributed by atoms with Crippen molar-refractivity contribution in [2.45, 2.75) is 45.3 Å². The van der Waals surface area contributed by atoms with E-state index in [2.05, 4.69) is 10.3 Å². The number of nitrogens with zero attached hydrogens (tertiary/aromatic N) is 2. The lowest BCUT2D eigenvalue weighted by molar-refractivity contribution is -0.137. The van der Waals surface area contributed by atoms with Crippen LogP contribution in [0.15, 0.2) is 42.6 Å². The van der Waals surface area contributed by atoms with Crippen molar-refractivity contribution in [3.05, 3.63) is 76.9 Å². The fourth-order valence-electron chi connectivity index (χ4n) is 3.77. The molecule has 7 nitrogen and oxygen atoms in total. The lowest BCUT2D eigenvalue weighted by atomic mass is 10.0. The van der Waals surface area contributed by atoms with Crippen LogP contribution in [0.1, 0.15) is 53.6 Å². The molecule has 2 N–H and O–H groups in total. The van der Waals surface area contributed by atoms with Crippen LogP contribution in [-0.4, -0.2) is 33.1 Å². The first kappa shape index (κ1) is 27.6. The Bertz CT molecular complexity index is 1290. The minimum atomic E-state index is -5.00. The van der Waals surface area contributed by atoms with E-state index < -0.39 is 53.1 Å². The second-order valence-corrected chi connectivity index (χ2v) is 8.26. The minimum Gasteiger partial charge on any atom is -0.493 e. The number of amides is 1. The Morgan fingerprint density at radius 2 is 1.89 bits per heavy atom. The van der Waals surface area contributed by atoms with Crippen molar-refractivity contribution in [2.24, 2.45) is 0 Å². The fraction of sp³-hybridized carbons (Fsp3) is 0.320. The predicted octanol–water partition coefficient (Wildman–Crippen LogP) is 5.65. The van der Waals surface area contributed by atoms with Gasteiger partial charge in [-0.1, -0.05) is 6.92 Å². The smallest absolute Gasteiger partial charge is 0.418 e. The van der Waals surface area contributed by atoms with Crippen molar-refractivity contribution < 1.29 is 41.4 Å². The number of carboxylic acid groups (broad SMARTS) is 1. The lowest BCUT2D eigenvalue weighted by Gasteiger charge is -2.21. The maximum atomic E-state index is 14.1. The standard InChI is InChI=1S/C25H24F5N3O4/c1-3-14(2)33-16(7-9-37-17-6-8-31-22(27)12-17)4-5-21(33)24(36)32-20-10-15(11-23(34)35)19(26)13-18(20)25(28,29)30/h4-6,8,10,12-14H,3,7,9,11H2,1-2H3,(H,32,36)(H,34,35)/t14-/m0/s1. The summed E-state index contributed by atoms with van der Waals surface area (Å²) in [6, 6.07) is 6.31. The summed E-state index contributed by atoms with van der Waals surface area (Å²) < 4.78 is 75.3. The van der Waals surface area contributed by atoms with Gasteiger partial charge < -0.3 is 19.7 Å². The zero-order valence-corrected chi connectivity index (χ0v) is 19.9. The van der Waals surface area contributed by atoms with Crippen LogP contribution in [0.2, 0.25) is 0 Å². The van der Waals surface area contributed by atoms with Gasteiger partial charge in [-0.2, -0.15) is 17.6 Å². The summed E-state index contributed by atoms with van der Waals surface area (Å²) in [6.07, 6.45) is -3.72. The van der Waals surface area contributed by atoms with E-state index >= 15 is 0 Å². The number of anilines is 1. The molecule has 0 bridgehead atoms. The Balaban J connectivity index is 1.89. The molecule has 0 saturated carbocycles. The largest absolute Gasteiger partial charge is 0.493 e. The van der Waals surface area contributed by atoms with Crippen LogP contribution >= 0.6 is 0 Å². The van der Waals surface area contributed by atoms with Gasteiger partial charge in [0.25, 0.3) is 5.91 Å². The molecule has 37 heavy (non-hydrogen) atoms. The molecule has 0 aliphatic heterocycles. The number of carbonyl (C=O) groups is 2. The molecule has 12 heteroatoms. The highest BCUT2D eigenvalue weighted by atomic mass is 19.4. The number of rotatable bonds is 10. The summed E-state index contributed by atoms with van der Waals surface area (Å²) in [6.45, 7) is 3.81. The maximum absolute atomic E-state index is 14.1. The average molecular weight is 525 g/mol. The number of pyridine rings is 1. The molecule has 2 heterocycles. The van der Waals surface area contributed by atoms with E-state index in [1.807, 2.05) is 13.8 Å². The predicted molar refractivity (Wildman–Crippen MR) is 124 cm³/mol. The Kier molecular flexibility index (Phi) is 8.51. The molecule has 3 rings (SSSR count). The monoisotopic (exact) mass is 525 g/mol. The number of benzene rings is 1. The van der Waals surface area contributed by atoms with E-state index in [4.69, 9.17) is 9.84 Å². The van der Waals surface area contributed by atoms with Gasteiger partial charge in [0.15, 0.2) is 0 Å². The van der Waals surface area contributed by atoms with Crippen molar-refractivity contribution in [3.63, 3.8) is 0 Å². The van der Waals surface area contributed by atoms with Crippen LogP contribution in [-0.2, 0) is 23.8 Å². The number of nitrogens with one attached hydrogen (secondary N) is 1. The summed E-state index contributed by atoms with van der Waals surface area (Å²) in [7, 11) is 0. The maximum Gasteiger partial charge on any atom is 0.418 e. The third-order valence-electron chi connectivity index (χ3n) is 5.67. The highest BCUT2D eigenvalue weighted by molar-refractivity contribution is 6.04. The zero-order chi connectivity index (χ0) is 27.3. The van der Waals surface area contributed by atoms with Crippen molar-refractivity contribution >= 4 is 17.6 Å². The first-order valence-electron chi connectivity index (χ1n) is 11.3. The second-order valence-electron chi connectivity index (χ2n) is 8.26. The van der Waals surface area contributed by atoms with Crippen LogP contribution in [0.3, 0.4) is 0 Å². The van der Waals surface area contributed by atoms with Gasteiger partial charge in [-0.25, -0.2) is 9.37 Å². The SMILES string of the molecule is CC[C@H](C)n1c(CCOc2ccnc(F)c2)ccc1C(=O)Nc1cc(CC(=O)O)c(F)cc1C(F)(F)F. The van der Waals surface area contributed by atoms with E-state index in [1.54, 1.807) is 10.6 Å². The third kappa shape index (κ3) is 6.83. The normalized spacial score (nSPS) is 12.3. The Morgan fingerprint density at radius 1 is 1.16 bits per heavy atom. The molecule has 1 amide bonds. The molecule has 0 aliphatic rings. The molecule has 3 aromatic rings. The van der Waals surface area contributed by atoms with Crippen LogP contribution in [0.5, 0.6) is 5.75 Å². The average Bonchev–Trinajstić information content (AvgIpc) is 3.23. The summed E-state index contributed by atoms with van der Waals surface area (Å²) in [5.41, 5.74) is -1.99. The number of aromatic nitrogens is 2. The molecule has 0 radical (unpaired) electrons. The molecule has 1 aromatic carbocycles. The first-order valence-corrected chi connectivity index (χ1v) is 11.3. The van der Waals surface area contributed by atoms with E-state index in [0.717, 1.165) is 6.07 Å². The molecule has 198 valence electrons. The van der Waals surface area contributed by atoms with Gasteiger partial charge in [-0.05, 0) is 43.7 Å². The molecule has 1 atom stereocenters. The molecular formula is C25H24F5N3O4. The number of aliphatic carboxylic acids is 1. The van der Waals surface area contributed by atoms with Crippen molar-refractivity contribution in [3.8, 4) is 5.75 Å². The summed E-state index contributed by atoms with van der Waals surface area (Å²) in [5.74, 6) is -4.11. The Hall–Kier alpha value is -3.96. The molecular weight excluding hydrogens is 501 g/mol. The number of carbonyl (C=O) groups excluding carboxylic acids is 1. The minimum absolute atomic E-state index is 0.0524. The van der Waals surface area contributed by atoms with Gasteiger partial charge >= 0.3 is 12.1 Å². The van der Waals surface area contributed by atoms with Crippen LogP contribution in [0.25, 0.3) is 0 Å².